The monoisotopic (exact) mass is 297 g/mol. The minimum absolute atomic E-state index is 0.0341. The number of unbranched alkanes of at least 4 members (excludes halogenated alkanes) is 4. The molecule has 0 aromatic carbocycles. The van der Waals surface area contributed by atoms with Gasteiger partial charge in [0.2, 0.25) is 5.91 Å². The van der Waals surface area contributed by atoms with Crippen LogP contribution >= 0.6 is 11.3 Å². The third-order valence-electron chi connectivity index (χ3n) is 3.12. The van der Waals surface area contributed by atoms with Gasteiger partial charge in [-0.1, -0.05) is 32.6 Å². The average Bonchev–Trinajstić information content (AvgIpc) is 2.79. The Morgan fingerprint density at radius 3 is 2.60 bits per heavy atom. The van der Waals surface area contributed by atoms with Crippen LogP contribution in [-0.4, -0.2) is 19.0 Å². The van der Waals surface area contributed by atoms with Crippen molar-refractivity contribution in [2.24, 2.45) is 0 Å². The molecule has 0 saturated carbocycles. The average molecular weight is 297 g/mol. The van der Waals surface area contributed by atoms with Gasteiger partial charge in [-0.05, 0) is 24.3 Å². The number of ether oxygens (including phenoxy) is 1. The fourth-order valence-corrected chi connectivity index (χ4v) is 2.86. The number of carbonyl (C=O) groups excluding carboxylic acids is 2. The molecule has 112 valence electrons. The lowest BCUT2D eigenvalue weighted by atomic mass is 10.1. The molecule has 0 aliphatic heterocycles. The maximum atomic E-state index is 11.9. The van der Waals surface area contributed by atoms with E-state index in [0.717, 1.165) is 18.4 Å². The molecule has 5 heteroatoms. The molecule has 0 radical (unpaired) electrons. The summed E-state index contributed by atoms with van der Waals surface area (Å²) in [6.07, 6.45) is 6.06. The molecule has 1 aromatic rings. The number of hydrogen-bond donors (Lipinski definition) is 1. The van der Waals surface area contributed by atoms with Crippen LogP contribution in [0.25, 0.3) is 0 Å². The molecule has 0 saturated heterocycles. The highest BCUT2D eigenvalue weighted by molar-refractivity contribution is 7.12. The molecule has 1 N–H and O–H groups in total. The van der Waals surface area contributed by atoms with E-state index in [1.165, 1.54) is 37.7 Å². The first-order valence-electron chi connectivity index (χ1n) is 7.06. The minimum Gasteiger partial charge on any atom is -0.465 e. The quantitative estimate of drug-likeness (QED) is 0.579. The maximum Gasteiger partial charge on any atom is 0.350 e. The molecule has 0 fully saturated rings. The lowest BCUT2D eigenvalue weighted by Crippen LogP contribution is -2.14. The first-order valence-corrected chi connectivity index (χ1v) is 7.94. The van der Waals surface area contributed by atoms with E-state index >= 15 is 0 Å². The van der Waals surface area contributed by atoms with Crippen LogP contribution < -0.4 is 5.32 Å². The van der Waals surface area contributed by atoms with Crippen LogP contribution in [0.4, 0.5) is 5.69 Å². The van der Waals surface area contributed by atoms with Crippen molar-refractivity contribution >= 4 is 28.9 Å². The van der Waals surface area contributed by atoms with Crippen LogP contribution in [0.5, 0.6) is 0 Å². The summed E-state index contributed by atoms with van der Waals surface area (Å²) in [5.41, 5.74) is 1.50. The molecule has 1 heterocycles. The maximum absolute atomic E-state index is 11.9. The number of amides is 1. The number of methoxy groups -OCH3 is 1. The van der Waals surface area contributed by atoms with Crippen molar-refractivity contribution in [3.05, 3.63) is 15.8 Å². The number of esters is 1. The minimum atomic E-state index is -0.402. The van der Waals surface area contributed by atoms with Gasteiger partial charge in [-0.25, -0.2) is 4.79 Å². The second-order valence-electron chi connectivity index (χ2n) is 4.83. The van der Waals surface area contributed by atoms with Crippen LogP contribution in [-0.2, 0) is 9.53 Å². The van der Waals surface area contributed by atoms with E-state index in [1.807, 2.05) is 12.3 Å². The van der Waals surface area contributed by atoms with Crippen LogP contribution in [0.1, 0.15) is 60.7 Å². The molecule has 1 aromatic heterocycles. The molecule has 0 bridgehead atoms. The second kappa shape index (κ2) is 8.74. The van der Waals surface area contributed by atoms with Gasteiger partial charge in [-0.15, -0.1) is 11.3 Å². The van der Waals surface area contributed by atoms with Crippen molar-refractivity contribution in [3.8, 4) is 0 Å². The van der Waals surface area contributed by atoms with Gasteiger partial charge in [-0.2, -0.15) is 0 Å². The van der Waals surface area contributed by atoms with E-state index in [9.17, 15) is 9.59 Å². The lowest BCUT2D eigenvalue weighted by molar-refractivity contribution is -0.116. The molecule has 20 heavy (non-hydrogen) atoms. The number of aryl methyl sites for hydroxylation is 1. The van der Waals surface area contributed by atoms with Crippen molar-refractivity contribution in [2.75, 3.05) is 12.4 Å². The standard InChI is InChI=1S/C15H23NO3S/c1-4-5-6-7-8-9-12(17)16-13-11(2)10-20-14(13)15(18)19-3/h10H,4-9H2,1-3H3,(H,16,17). The Labute approximate surface area is 124 Å². The van der Waals surface area contributed by atoms with E-state index in [1.54, 1.807) is 0 Å². The summed E-state index contributed by atoms with van der Waals surface area (Å²) in [4.78, 5) is 24.0. The van der Waals surface area contributed by atoms with Crippen LogP contribution in [0.15, 0.2) is 5.38 Å². The zero-order valence-electron chi connectivity index (χ0n) is 12.5. The molecular formula is C15H23NO3S. The van der Waals surface area contributed by atoms with Crippen molar-refractivity contribution in [1.82, 2.24) is 0 Å². The van der Waals surface area contributed by atoms with E-state index in [-0.39, 0.29) is 5.91 Å². The summed E-state index contributed by atoms with van der Waals surface area (Å²) in [6, 6.07) is 0. The largest absolute Gasteiger partial charge is 0.465 e. The Morgan fingerprint density at radius 1 is 1.25 bits per heavy atom. The van der Waals surface area contributed by atoms with Gasteiger partial charge in [0.05, 0.1) is 12.8 Å². The normalized spacial score (nSPS) is 10.3. The summed E-state index contributed by atoms with van der Waals surface area (Å²) in [5, 5.41) is 4.69. The number of hydrogen-bond acceptors (Lipinski definition) is 4. The van der Waals surface area contributed by atoms with Crippen molar-refractivity contribution in [3.63, 3.8) is 0 Å². The molecule has 0 aliphatic rings. The Balaban J connectivity index is 2.49. The summed E-state index contributed by atoms with van der Waals surface area (Å²) in [6.45, 7) is 4.04. The van der Waals surface area contributed by atoms with E-state index in [2.05, 4.69) is 12.2 Å². The fourth-order valence-electron chi connectivity index (χ4n) is 1.93. The second-order valence-corrected chi connectivity index (χ2v) is 5.71. The smallest absolute Gasteiger partial charge is 0.350 e. The first-order chi connectivity index (χ1) is 9.60. The summed E-state index contributed by atoms with van der Waals surface area (Å²) in [5.74, 6) is -0.436. The summed E-state index contributed by atoms with van der Waals surface area (Å²) < 4.78 is 4.72. The van der Waals surface area contributed by atoms with E-state index in [4.69, 9.17) is 4.74 Å². The van der Waals surface area contributed by atoms with E-state index in [0.29, 0.717) is 17.0 Å². The first kappa shape index (κ1) is 16.7. The van der Waals surface area contributed by atoms with Gasteiger partial charge in [0.25, 0.3) is 0 Å². The zero-order chi connectivity index (χ0) is 15.0. The highest BCUT2D eigenvalue weighted by atomic mass is 32.1. The van der Waals surface area contributed by atoms with Crippen LogP contribution in [0.3, 0.4) is 0 Å². The molecule has 0 aliphatic carbocycles. The number of anilines is 1. The Bertz CT molecular complexity index is 454. The SMILES string of the molecule is CCCCCCCC(=O)Nc1c(C)csc1C(=O)OC. The van der Waals surface area contributed by atoms with Gasteiger partial charge in [0.1, 0.15) is 4.88 Å². The fraction of sp³-hybridized carbons (Fsp3) is 0.600. The third-order valence-corrected chi connectivity index (χ3v) is 4.20. The molecule has 4 nitrogen and oxygen atoms in total. The highest BCUT2D eigenvalue weighted by Crippen LogP contribution is 2.28. The zero-order valence-corrected chi connectivity index (χ0v) is 13.3. The van der Waals surface area contributed by atoms with Gasteiger partial charge in [0, 0.05) is 6.42 Å². The lowest BCUT2D eigenvalue weighted by Gasteiger charge is -2.07. The molecule has 0 atom stereocenters. The summed E-state index contributed by atoms with van der Waals surface area (Å²) >= 11 is 1.30. The molecule has 0 unspecified atom stereocenters. The number of nitrogens with one attached hydrogen (secondary N) is 1. The number of carbonyl (C=O) groups is 2. The van der Waals surface area contributed by atoms with Crippen LogP contribution in [0, 0.1) is 6.92 Å². The number of rotatable bonds is 8. The molecule has 1 amide bonds. The van der Waals surface area contributed by atoms with Gasteiger partial charge in [0.15, 0.2) is 0 Å². The van der Waals surface area contributed by atoms with Gasteiger partial charge >= 0.3 is 5.97 Å². The van der Waals surface area contributed by atoms with Crippen molar-refractivity contribution < 1.29 is 14.3 Å². The van der Waals surface area contributed by atoms with Gasteiger partial charge < -0.3 is 10.1 Å². The molecule has 0 spiro atoms. The highest BCUT2D eigenvalue weighted by Gasteiger charge is 2.18. The number of thiophene rings is 1. The Hall–Kier alpha value is -1.36. The Kier molecular flexibility index (Phi) is 7.30. The predicted molar refractivity (Wildman–Crippen MR) is 82.4 cm³/mol. The van der Waals surface area contributed by atoms with Gasteiger partial charge in [-0.3, -0.25) is 4.79 Å². The third kappa shape index (κ3) is 4.96. The molecule has 1 rings (SSSR count). The van der Waals surface area contributed by atoms with E-state index < -0.39 is 5.97 Å². The Morgan fingerprint density at radius 2 is 1.95 bits per heavy atom. The molecular weight excluding hydrogens is 274 g/mol. The predicted octanol–water partition coefficient (Wildman–Crippen LogP) is 4.14. The summed E-state index contributed by atoms with van der Waals surface area (Å²) in [7, 11) is 1.34. The van der Waals surface area contributed by atoms with Crippen molar-refractivity contribution in [1.29, 1.82) is 0 Å². The van der Waals surface area contributed by atoms with Crippen molar-refractivity contribution in [2.45, 2.75) is 52.4 Å². The van der Waals surface area contributed by atoms with Crippen LogP contribution in [0.2, 0.25) is 0 Å². The topological polar surface area (TPSA) is 55.4 Å².